The normalized spacial score (nSPS) is 16.8. The molecule has 0 aliphatic carbocycles. The molecule has 73 heavy (non-hydrogen) atoms. The summed E-state index contributed by atoms with van der Waals surface area (Å²) < 4.78 is 57.2. The molecule has 3 aromatic carbocycles. The molecule has 3 aliphatic heterocycles. The fraction of sp³-hybridized carbons (Fsp3) is 0.426. The van der Waals surface area contributed by atoms with E-state index in [0.29, 0.717) is 66.9 Å². The average Bonchev–Trinajstić information content (AvgIpc) is 3.97. The number of amides is 2. The van der Waals surface area contributed by atoms with Crippen LogP contribution in [0.25, 0.3) is 15.9 Å². The number of nitrogens with zero attached hydrogens (tertiary/aromatic N) is 7. The van der Waals surface area contributed by atoms with E-state index in [1.165, 1.54) is 9.44 Å². The number of fused-ring (bicyclic) bond motifs is 4. The lowest BCUT2D eigenvalue weighted by atomic mass is 9.93. The van der Waals surface area contributed by atoms with Crippen LogP contribution in [0.1, 0.15) is 83.5 Å². The quantitative estimate of drug-likeness (QED) is 0.0724. The average molecular weight is 1050 g/mol. The number of piperidine rings is 2. The van der Waals surface area contributed by atoms with E-state index < -0.39 is 25.9 Å². The lowest BCUT2D eigenvalue weighted by molar-refractivity contribution is -0.140. The van der Waals surface area contributed by atoms with Gasteiger partial charge in [-0.25, -0.2) is 0 Å². The molecule has 384 valence electrons. The molecule has 2 saturated heterocycles. The van der Waals surface area contributed by atoms with Crippen LogP contribution >= 0.6 is 30.1 Å². The van der Waals surface area contributed by atoms with E-state index in [2.05, 4.69) is 61.3 Å². The molecular formula is C54H61ClF3N10O3PS. The lowest BCUT2D eigenvalue weighted by Crippen LogP contribution is -2.44. The van der Waals surface area contributed by atoms with Gasteiger partial charge < -0.3 is 30.0 Å². The Balaban J connectivity index is 0.734. The van der Waals surface area contributed by atoms with Crippen LogP contribution in [0.3, 0.4) is 0 Å². The summed E-state index contributed by atoms with van der Waals surface area (Å²) in [7, 11) is -2.39. The molecule has 19 heteroatoms. The first-order chi connectivity index (χ1) is 34.9. The second-order valence-corrected chi connectivity index (χ2v) is 24.6. The Hall–Kier alpha value is -5.92. The van der Waals surface area contributed by atoms with Crippen molar-refractivity contribution in [2.75, 3.05) is 69.8 Å². The van der Waals surface area contributed by atoms with E-state index in [-0.39, 0.29) is 36.5 Å². The number of rotatable bonds is 14. The maximum absolute atomic E-state index is 14.0. The number of aryl methyl sites for hydroxylation is 2. The predicted octanol–water partition coefficient (Wildman–Crippen LogP) is 9.74. The molecule has 3 N–H and O–H groups in total. The smallest absolute Gasteiger partial charge is 0.382 e. The lowest BCUT2D eigenvalue weighted by Gasteiger charge is -2.33. The number of thiophene rings is 1. The van der Waals surface area contributed by atoms with Gasteiger partial charge in [0.15, 0.2) is 5.82 Å². The third-order valence-corrected chi connectivity index (χ3v) is 17.2. The predicted molar refractivity (Wildman–Crippen MR) is 287 cm³/mol. The highest BCUT2D eigenvalue weighted by Crippen LogP contribution is 2.40. The fourth-order valence-electron chi connectivity index (χ4n) is 10.1. The number of aromatic nitrogens is 4. The highest BCUT2D eigenvalue weighted by Gasteiger charge is 2.35. The molecule has 13 nitrogen and oxygen atoms in total. The largest absolute Gasteiger partial charge is 0.406 e. The third kappa shape index (κ3) is 12.2. The Kier molecular flexibility index (Phi) is 15.6. The summed E-state index contributed by atoms with van der Waals surface area (Å²) in [6.07, 6.45) is -0.203. The summed E-state index contributed by atoms with van der Waals surface area (Å²) in [4.78, 5) is 37.7. The van der Waals surface area contributed by atoms with Crippen LogP contribution in [0.4, 0.5) is 24.5 Å². The molecule has 9 rings (SSSR count). The molecule has 0 spiro atoms. The minimum Gasteiger partial charge on any atom is -0.382 e. The van der Waals surface area contributed by atoms with Crippen molar-refractivity contribution in [2.24, 2.45) is 10.9 Å². The van der Waals surface area contributed by atoms with E-state index in [9.17, 15) is 27.3 Å². The van der Waals surface area contributed by atoms with Gasteiger partial charge in [-0.1, -0.05) is 35.7 Å². The summed E-state index contributed by atoms with van der Waals surface area (Å²) in [5, 5.41) is 22.0. The Morgan fingerprint density at radius 3 is 2.36 bits per heavy atom. The number of benzene rings is 3. The molecule has 1 atom stereocenters. The van der Waals surface area contributed by atoms with Gasteiger partial charge in [-0.3, -0.25) is 24.0 Å². The summed E-state index contributed by atoms with van der Waals surface area (Å²) >= 11 is 7.97. The van der Waals surface area contributed by atoms with Gasteiger partial charge >= 0.3 is 6.18 Å². The first-order valence-corrected chi connectivity index (χ1v) is 28.6. The molecular weight excluding hydrogens is 992 g/mol. The molecule has 2 fully saturated rings. The summed E-state index contributed by atoms with van der Waals surface area (Å²) in [5.41, 5.74) is 6.15. The van der Waals surface area contributed by atoms with Crippen molar-refractivity contribution in [1.82, 2.24) is 34.4 Å². The first-order valence-electron chi connectivity index (χ1n) is 24.9. The van der Waals surface area contributed by atoms with Crippen LogP contribution in [0.2, 0.25) is 5.02 Å². The zero-order valence-corrected chi connectivity index (χ0v) is 44.2. The van der Waals surface area contributed by atoms with Gasteiger partial charge in [0.05, 0.1) is 36.4 Å². The third-order valence-electron chi connectivity index (χ3n) is 14.3. The minimum absolute atomic E-state index is 0.0225. The van der Waals surface area contributed by atoms with Gasteiger partial charge in [0, 0.05) is 81.9 Å². The van der Waals surface area contributed by atoms with E-state index in [1.807, 2.05) is 54.3 Å². The summed E-state index contributed by atoms with van der Waals surface area (Å²) in [5.74, 6) is 7.74. The number of hydrogen-bond acceptors (Lipinski definition) is 10. The highest BCUT2D eigenvalue weighted by atomic mass is 35.5. The Labute approximate surface area is 433 Å². The fourth-order valence-corrected chi connectivity index (χ4v) is 12.3. The number of alkyl halides is 3. The van der Waals surface area contributed by atoms with E-state index in [0.717, 1.165) is 82.0 Å². The van der Waals surface area contributed by atoms with Crippen LogP contribution in [0, 0.1) is 38.5 Å². The molecule has 6 aromatic rings. The Bertz CT molecular complexity index is 3130. The molecule has 0 saturated carbocycles. The number of carbonyl (C=O) groups excluding carboxylic acids is 2. The van der Waals surface area contributed by atoms with Crippen molar-refractivity contribution >= 4 is 75.2 Å². The van der Waals surface area contributed by atoms with Crippen LogP contribution in [-0.2, 0) is 20.7 Å². The van der Waals surface area contributed by atoms with Crippen molar-refractivity contribution in [3.63, 3.8) is 0 Å². The highest BCUT2D eigenvalue weighted by molar-refractivity contribution is 7.70. The van der Waals surface area contributed by atoms with Crippen molar-refractivity contribution in [2.45, 2.75) is 84.1 Å². The molecule has 3 aliphatic rings. The molecule has 6 heterocycles. The first kappa shape index (κ1) is 52.0. The zero-order chi connectivity index (χ0) is 51.6. The van der Waals surface area contributed by atoms with Crippen LogP contribution in [-0.4, -0.2) is 118 Å². The molecule has 0 radical (unpaired) electrons. The standard InChI is InChI=1S/C54H61ClF3N10O3PS/c1-34-35(2)73-53-50(34)51(38-11-13-39(55)14-12-38)62-46(52-64-63-36(3)68(52)53)31-49(70)66-28-20-37(21-29-66)19-25-60-48(69)32-65-26-22-41(23-27-65)61-45-9-6-10-47-44(45)30-42(67(47)33-54(56,57)58)8-7-24-59-40-15-17-43(18-16-40)72(4,5)71/h6,9-18,30,37,41,46,59,61H,19-29,31-33H2,1-5H3,(H,60,69)/t46-/m0/s1. The number of anilines is 2. The minimum atomic E-state index is -4.44. The monoisotopic (exact) mass is 1050 g/mol. The summed E-state index contributed by atoms with van der Waals surface area (Å²) in [6.45, 7) is 12.2. The van der Waals surface area contributed by atoms with Crippen molar-refractivity contribution < 1.29 is 27.3 Å². The SMILES string of the molecule is Cc1sc2c(c1C)C(c1ccc(Cl)cc1)=N[C@@H](CC(=O)N1CCC(CCNC(=O)CN3CCC(Nc4cccc5c4cc(C#CCNc4ccc(P(C)(C)=O)cc4)n5CC(F)(F)F)CC3)CC1)c1nnc(C)n1-2. The molecule has 3 aromatic heterocycles. The van der Waals surface area contributed by atoms with E-state index in [4.69, 9.17) is 16.6 Å². The van der Waals surface area contributed by atoms with E-state index in [1.54, 1.807) is 55.0 Å². The van der Waals surface area contributed by atoms with Gasteiger partial charge in [-0.2, -0.15) is 13.2 Å². The second-order valence-electron chi connectivity index (χ2n) is 19.8. The maximum Gasteiger partial charge on any atom is 0.406 e. The number of aliphatic imine (C=N–C) groups is 1. The van der Waals surface area contributed by atoms with E-state index >= 15 is 0 Å². The van der Waals surface area contributed by atoms with Crippen molar-refractivity contribution in [3.8, 4) is 16.8 Å². The van der Waals surface area contributed by atoms with Crippen LogP contribution in [0.5, 0.6) is 0 Å². The van der Waals surface area contributed by atoms with Gasteiger partial charge in [0.2, 0.25) is 11.8 Å². The number of likely N-dealkylation sites (tertiary alicyclic amines) is 2. The molecule has 2 amide bonds. The van der Waals surface area contributed by atoms with Crippen molar-refractivity contribution in [3.05, 3.63) is 117 Å². The second kappa shape index (κ2) is 21.9. The van der Waals surface area contributed by atoms with Gasteiger partial charge in [0.1, 0.15) is 30.6 Å². The zero-order valence-electron chi connectivity index (χ0n) is 41.8. The maximum atomic E-state index is 14.0. The Morgan fingerprint density at radius 1 is 0.932 bits per heavy atom. The molecule has 0 bridgehead atoms. The van der Waals surface area contributed by atoms with Gasteiger partial charge in [0.25, 0.3) is 0 Å². The Morgan fingerprint density at radius 2 is 1.66 bits per heavy atom. The van der Waals surface area contributed by atoms with Gasteiger partial charge in [-0.05, 0) is 138 Å². The number of carbonyl (C=O) groups is 2. The topological polar surface area (TPSA) is 142 Å². The van der Waals surface area contributed by atoms with Crippen LogP contribution in [0.15, 0.2) is 77.8 Å². The van der Waals surface area contributed by atoms with Crippen molar-refractivity contribution in [1.29, 1.82) is 0 Å². The number of halogens is 4. The van der Waals surface area contributed by atoms with Crippen LogP contribution < -0.4 is 21.3 Å². The molecule has 0 unspecified atom stereocenters. The summed E-state index contributed by atoms with van der Waals surface area (Å²) in [6, 6.07) is 21.5. The number of nitrogens with one attached hydrogen (secondary N) is 3. The number of hydrogen-bond donors (Lipinski definition) is 3. The van der Waals surface area contributed by atoms with Gasteiger partial charge in [-0.15, -0.1) is 21.5 Å².